The maximum Gasteiger partial charge on any atom is 0.247 e. The molecule has 0 fully saturated rings. The number of carbonyl (C=O) groups is 2. The van der Waals surface area contributed by atoms with Gasteiger partial charge in [0.05, 0.1) is 0 Å². The highest BCUT2D eigenvalue weighted by Gasteiger charge is 2.30. The number of amides is 2. The van der Waals surface area contributed by atoms with Gasteiger partial charge < -0.3 is 10.2 Å². The first kappa shape index (κ1) is 22.2. The largest absolute Gasteiger partial charge is 0.350 e. The van der Waals surface area contributed by atoms with Gasteiger partial charge in [0, 0.05) is 19.5 Å². The second-order valence-corrected chi connectivity index (χ2v) is 7.52. The third kappa shape index (κ3) is 6.01. The molecular formula is C26H27FN2O2. The molecule has 1 N–H and O–H groups in total. The van der Waals surface area contributed by atoms with E-state index < -0.39 is 6.04 Å². The molecule has 31 heavy (non-hydrogen) atoms. The fourth-order valence-corrected chi connectivity index (χ4v) is 3.41. The summed E-state index contributed by atoms with van der Waals surface area (Å²) < 4.78 is 13.3. The normalized spacial score (nSPS) is 11.6. The third-order valence-corrected chi connectivity index (χ3v) is 5.15. The van der Waals surface area contributed by atoms with Gasteiger partial charge in [0.2, 0.25) is 11.8 Å². The molecule has 2 amide bonds. The van der Waals surface area contributed by atoms with E-state index in [-0.39, 0.29) is 30.6 Å². The van der Waals surface area contributed by atoms with E-state index in [0.717, 1.165) is 22.3 Å². The first-order valence-electron chi connectivity index (χ1n) is 10.4. The first-order valence-corrected chi connectivity index (χ1v) is 10.4. The quantitative estimate of drug-likeness (QED) is 0.564. The Kier molecular flexibility index (Phi) is 7.55. The maximum atomic E-state index is 13.3. The maximum absolute atomic E-state index is 13.3. The molecule has 3 aromatic carbocycles. The lowest BCUT2D eigenvalue weighted by molar-refractivity contribution is -0.141. The van der Waals surface area contributed by atoms with Crippen LogP contribution in [0.2, 0.25) is 0 Å². The highest BCUT2D eigenvalue weighted by Crippen LogP contribution is 2.25. The van der Waals surface area contributed by atoms with E-state index in [9.17, 15) is 14.0 Å². The van der Waals surface area contributed by atoms with E-state index in [1.54, 1.807) is 24.0 Å². The zero-order valence-corrected chi connectivity index (χ0v) is 17.8. The summed E-state index contributed by atoms with van der Waals surface area (Å²) in [5.74, 6) is -0.744. The molecule has 0 unspecified atom stereocenters. The molecule has 0 spiro atoms. The molecule has 0 bridgehead atoms. The minimum absolute atomic E-state index is 0.149. The van der Waals surface area contributed by atoms with Crippen molar-refractivity contribution < 1.29 is 14.0 Å². The van der Waals surface area contributed by atoms with Crippen LogP contribution in [0, 0.1) is 12.7 Å². The van der Waals surface area contributed by atoms with Crippen molar-refractivity contribution in [1.82, 2.24) is 10.2 Å². The van der Waals surface area contributed by atoms with Crippen LogP contribution in [0.4, 0.5) is 4.39 Å². The van der Waals surface area contributed by atoms with Crippen LogP contribution in [0.15, 0.2) is 78.9 Å². The minimum Gasteiger partial charge on any atom is -0.350 e. The summed E-state index contributed by atoms with van der Waals surface area (Å²) >= 11 is 0. The first-order chi connectivity index (χ1) is 15.0. The Bertz CT molecular complexity index is 1000. The predicted octanol–water partition coefficient (Wildman–Crippen LogP) is 4.93. The number of hydrogen-bond acceptors (Lipinski definition) is 2. The average Bonchev–Trinajstić information content (AvgIpc) is 2.79. The monoisotopic (exact) mass is 418 g/mol. The summed E-state index contributed by atoms with van der Waals surface area (Å²) in [6.07, 6.45) is 0.260. The molecule has 160 valence electrons. The van der Waals surface area contributed by atoms with Crippen LogP contribution in [0.25, 0.3) is 0 Å². The van der Waals surface area contributed by atoms with Crippen molar-refractivity contribution >= 4 is 11.8 Å². The fraction of sp³-hybridized carbons (Fsp3) is 0.231. The van der Waals surface area contributed by atoms with Gasteiger partial charge in [-0.3, -0.25) is 9.59 Å². The number of nitrogens with one attached hydrogen (secondary N) is 1. The van der Waals surface area contributed by atoms with E-state index >= 15 is 0 Å². The number of aryl methyl sites for hydroxylation is 1. The molecule has 0 aromatic heterocycles. The molecule has 4 nitrogen and oxygen atoms in total. The Morgan fingerprint density at radius 1 is 0.903 bits per heavy atom. The van der Waals surface area contributed by atoms with Crippen LogP contribution in [0.3, 0.4) is 0 Å². The van der Waals surface area contributed by atoms with Crippen LogP contribution in [0.1, 0.15) is 41.6 Å². The van der Waals surface area contributed by atoms with Gasteiger partial charge in [-0.15, -0.1) is 0 Å². The van der Waals surface area contributed by atoms with E-state index in [1.165, 1.54) is 12.1 Å². The van der Waals surface area contributed by atoms with Gasteiger partial charge in [-0.25, -0.2) is 4.39 Å². The number of carbonyl (C=O) groups excluding carboxylic acids is 2. The van der Waals surface area contributed by atoms with Crippen LogP contribution in [-0.4, -0.2) is 16.7 Å². The van der Waals surface area contributed by atoms with Gasteiger partial charge in [0.1, 0.15) is 11.9 Å². The summed E-state index contributed by atoms with van der Waals surface area (Å²) in [4.78, 5) is 27.8. The zero-order valence-electron chi connectivity index (χ0n) is 17.8. The number of benzene rings is 3. The Balaban J connectivity index is 1.88. The third-order valence-electron chi connectivity index (χ3n) is 5.15. The molecule has 3 aromatic rings. The van der Waals surface area contributed by atoms with E-state index in [4.69, 9.17) is 0 Å². The summed E-state index contributed by atoms with van der Waals surface area (Å²) in [6.45, 7) is 4.36. The number of rotatable bonds is 8. The van der Waals surface area contributed by atoms with Crippen LogP contribution in [-0.2, 0) is 22.7 Å². The lowest BCUT2D eigenvalue weighted by Gasteiger charge is -2.31. The molecule has 0 aliphatic carbocycles. The van der Waals surface area contributed by atoms with E-state index in [0.29, 0.717) is 6.54 Å². The summed E-state index contributed by atoms with van der Waals surface area (Å²) in [5, 5.41) is 2.98. The fourth-order valence-electron chi connectivity index (χ4n) is 3.41. The predicted molar refractivity (Wildman–Crippen MR) is 119 cm³/mol. The van der Waals surface area contributed by atoms with Crippen molar-refractivity contribution in [2.24, 2.45) is 0 Å². The Labute approximate surface area is 182 Å². The zero-order chi connectivity index (χ0) is 22.2. The second-order valence-electron chi connectivity index (χ2n) is 7.52. The smallest absolute Gasteiger partial charge is 0.247 e. The Morgan fingerprint density at radius 2 is 1.52 bits per heavy atom. The summed E-state index contributed by atoms with van der Waals surface area (Å²) in [7, 11) is 0. The number of nitrogens with zero attached hydrogens (tertiary/aromatic N) is 1. The van der Waals surface area contributed by atoms with Crippen molar-refractivity contribution in [3.63, 3.8) is 0 Å². The molecule has 1 atom stereocenters. The van der Waals surface area contributed by atoms with Gasteiger partial charge in [-0.05, 0) is 35.7 Å². The highest BCUT2D eigenvalue weighted by molar-refractivity contribution is 5.88. The molecule has 3 rings (SSSR count). The lowest BCUT2D eigenvalue weighted by atomic mass is 10.0. The molecule has 5 heteroatoms. The SMILES string of the molecule is CCC(=O)N(Cc1ccc(F)cc1)[C@@H](C(=O)NCc1ccc(C)cc1)c1ccccc1. The lowest BCUT2D eigenvalue weighted by Crippen LogP contribution is -2.43. The van der Waals surface area contributed by atoms with Gasteiger partial charge in [-0.1, -0.05) is 79.2 Å². The van der Waals surface area contributed by atoms with Gasteiger partial charge in [0.25, 0.3) is 0 Å². The van der Waals surface area contributed by atoms with E-state index in [1.807, 2.05) is 61.5 Å². The van der Waals surface area contributed by atoms with Crippen molar-refractivity contribution in [1.29, 1.82) is 0 Å². The molecule has 0 aliphatic heterocycles. The molecular weight excluding hydrogens is 391 g/mol. The molecule has 0 radical (unpaired) electrons. The standard InChI is InChI=1S/C26H27FN2O2/c1-3-24(30)29(18-21-13-15-23(27)16-14-21)25(22-7-5-4-6-8-22)26(31)28-17-20-11-9-19(2)10-12-20/h4-16,25H,3,17-18H2,1-2H3,(H,28,31)/t25-/m1/s1. The Morgan fingerprint density at radius 3 is 2.13 bits per heavy atom. The summed E-state index contributed by atoms with van der Waals surface area (Å²) in [6, 6.07) is 22.4. The molecule has 0 saturated heterocycles. The van der Waals surface area contributed by atoms with Crippen molar-refractivity contribution in [3.8, 4) is 0 Å². The van der Waals surface area contributed by atoms with Gasteiger partial charge in [0.15, 0.2) is 0 Å². The summed E-state index contributed by atoms with van der Waals surface area (Å²) in [5.41, 5.74) is 3.62. The average molecular weight is 419 g/mol. The number of hydrogen-bond donors (Lipinski definition) is 1. The molecule has 0 aliphatic rings. The van der Waals surface area contributed by atoms with Gasteiger partial charge in [-0.2, -0.15) is 0 Å². The Hall–Kier alpha value is -3.47. The number of halogens is 1. The van der Waals surface area contributed by atoms with Crippen LogP contribution >= 0.6 is 0 Å². The molecule has 0 heterocycles. The van der Waals surface area contributed by atoms with Crippen molar-refractivity contribution in [2.45, 2.75) is 39.4 Å². The highest BCUT2D eigenvalue weighted by atomic mass is 19.1. The van der Waals surface area contributed by atoms with Gasteiger partial charge >= 0.3 is 0 Å². The minimum atomic E-state index is -0.788. The van der Waals surface area contributed by atoms with Crippen LogP contribution in [0.5, 0.6) is 0 Å². The van der Waals surface area contributed by atoms with E-state index in [2.05, 4.69) is 5.32 Å². The van der Waals surface area contributed by atoms with Crippen molar-refractivity contribution in [3.05, 3.63) is 107 Å². The molecule has 0 saturated carbocycles. The second kappa shape index (κ2) is 10.5. The van der Waals surface area contributed by atoms with Crippen molar-refractivity contribution in [2.75, 3.05) is 0 Å². The topological polar surface area (TPSA) is 49.4 Å². The van der Waals surface area contributed by atoms with Crippen LogP contribution < -0.4 is 5.32 Å².